The molecule has 294 valence electrons. The normalized spacial score (nSPS) is 27.7. The highest BCUT2D eigenvalue weighted by Gasteiger charge is 2.63. The van der Waals surface area contributed by atoms with Crippen molar-refractivity contribution in [3.63, 3.8) is 0 Å². The zero-order valence-electron chi connectivity index (χ0n) is 32.1. The van der Waals surface area contributed by atoms with Gasteiger partial charge < -0.3 is 24.4 Å². The molecule has 5 atom stereocenters. The molecule has 2 aromatic rings. The van der Waals surface area contributed by atoms with Crippen molar-refractivity contribution in [3.8, 4) is 11.6 Å². The van der Waals surface area contributed by atoms with Crippen LogP contribution in [0.5, 0.6) is 11.6 Å². The fourth-order valence-electron chi connectivity index (χ4n) is 7.33. The number of ether oxygens (including phenoxy) is 3. The van der Waals surface area contributed by atoms with Crippen LogP contribution in [0.2, 0.25) is 0 Å². The lowest BCUT2D eigenvalue weighted by Crippen LogP contribution is -2.57. The fraction of sp³-hybridized carbons (Fsp3) is 0.641. The van der Waals surface area contributed by atoms with Crippen molar-refractivity contribution in [1.82, 2.24) is 24.9 Å². The highest BCUT2D eigenvalue weighted by molar-refractivity contribution is 7.91. The average molecular weight is 768 g/mol. The zero-order valence-corrected chi connectivity index (χ0v) is 32.9. The first-order chi connectivity index (χ1) is 25.5. The van der Waals surface area contributed by atoms with Crippen molar-refractivity contribution in [2.45, 2.75) is 133 Å². The second kappa shape index (κ2) is 15.1. The van der Waals surface area contributed by atoms with E-state index in [4.69, 9.17) is 24.2 Å². The largest absolute Gasteiger partial charge is 0.497 e. The van der Waals surface area contributed by atoms with Crippen LogP contribution in [0, 0.1) is 11.8 Å². The number of carbonyl (C=O) groups excluding carboxylic acids is 4. The van der Waals surface area contributed by atoms with E-state index in [1.165, 1.54) is 4.90 Å². The number of nitrogens with zero attached hydrogens (tertiary/aromatic N) is 3. The van der Waals surface area contributed by atoms with Crippen LogP contribution < -0.4 is 19.5 Å². The number of nitrogens with one attached hydrogen (secondary N) is 2. The molecule has 4 aliphatic rings. The van der Waals surface area contributed by atoms with Gasteiger partial charge in [-0.2, -0.15) is 0 Å². The molecule has 1 aromatic heterocycles. The molecule has 3 amide bonds. The topological polar surface area (TPSA) is 183 Å². The minimum atomic E-state index is -3.98. The van der Waals surface area contributed by atoms with Gasteiger partial charge in [-0.05, 0) is 84.8 Å². The van der Waals surface area contributed by atoms with Crippen molar-refractivity contribution in [2.24, 2.45) is 11.8 Å². The van der Waals surface area contributed by atoms with Gasteiger partial charge in [0.15, 0.2) is 0 Å². The molecule has 0 bridgehead atoms. The summed E-state index contributed by atoms with van der Waals surface area (Å²) in [5.41, 5.74) is -0.439. The number of rotatable bonds is 9. The number of hydrogen-bond acceptors (Lipinski definition) is 11. The second-order valence-corrected chi connectivity index (χ2v) is 18.6. The van der Waals surface area contributed by atoms with Crippen LogP contribution in [0.25, 0.3) is 11.0 Å². The van der Waals surface area contributed by atoms with Gasteiger partial charge in [-0.3, -0.25) is 23.9 Å². The van der Waals surface area contributed by atoms with E-state index in [0.717, 1.165) is 12.8 Å². The van der Waals surface area contributed by atoms with Crippen molar-refractivity contribution in [2.75, 3.05) is 13.7 Å². The minimum absolute atomic E-state index is 0.0119. The number of amides is 3. The Morgan fingerprint density at radius 1 is 1.09 bits per heavy atom. The van der Waals surface area contributed by atoms with E-state index in [1.54, 1.807) is 46.9 Å². The molecule has 2 saturated carbocycles. The zero-order chi connectivity index (χ0) is 39.1. The van der Waals surface area contributed by atoms with Crippen LogP contribution in [0.1, 0.15) is 105 Å². The first-order valence-electron chi connectivity index (χ1n) is 19.1. The predicted molar refractivity (Wildman–Crippen MR) is 200 cm³/mol. The minimum Gasteiger partial charge on any atom is -0.497 e. The number of benzene rings is 1. The van der Waals surface area contributed by atoms with E-state index in [0.29, 0.717) is 61.0 Å². The summed E-state index contributed by atoms with van der Waals surface area (Å²) >= 11 is 0. The Hall–Kier alpha value is -4.27. The summed E-state index contributed by atoms with van der Waals surface area (Å²) in [6.45, 7) is 8.83. The van der Waals surface area contributed by atoms with Gasteiger partial charge in [0.1, 0.15) is 34.7 Å². The molecule has 0 unspecified atom stereocenters. The molecule has 15 heteroatoms. The van der Waals surface area contributed by atoms with Gasteiger partial charge in [-0.25, -0.2) is 18.4 Å². The smallest absolute Gasteiger partial charge is 0.307 e. The van der Waals surface area contributed by atoms with Gasteiger partial charge in [0.25, 0.3) is 5.91 Å². The molecule has 0 spiro atoms. The maximum Gasteiger partial charge on any atom is 0.307 e. The maximum absolute atomic E-state index is 14.6. The molecular weight excluding hydrogens is 715 g/mol. The lowest BCUT2D eigenvalue weighted by molar-refractivity contribution is -0.159. The molecule has 2 aliphatic carbocycles. The number of aromatic nitrogens is 2. The number of carbonyl (C=O) groups is 4. The predicted octanol–water partition coefficient (Wildman–Crippen LogP) is 4.29. The Labute approximate surface area is 317 Å². The quantitative estimate of drug-likeness (QED) is 0.274. The molecule has 2 aliphatic heterocycles. The molecule has 2 N–H and O–H groups in total. The monoisotopic (exact) mass is 767 g/mol. The Balaban J connectivity index is 1.32. The number of allylic oxidation sites excluding steroid dienone is 1. The van der Waals surface area contributed by atoms with E-state index >= 15 is 0 Å². The summed E-state index contributed by atoms with van der Waals surface area (Å²) < 4.78 is 45.0. The van der Waals surface area contributed by atoms with Crippen LogP contribution >= 0.6 is 0 Å². The van der Waals surface area contributed by atoms with E-state index in [2.05, 4.69) is 10.0 Å². The lowest BCUT2D eigenvalue weighted by atomic mass is 9.95. The van der Waals surface area contributed by atoms with Crippen LogP contribution in [-0.4, -0.2) is 88.7 Å². The summed E-state index contributed by atoms with van der Waals surface area (Å²) in [6.07, 6.45) is 8.08. The second-order valence-electron chi connectivity index (χ2n) is 16.4. The van der Waals surface area contributed by atoms with E-state index in [9.17, 15) is 27.6 Å². The van der Waals surface area contributed by atoms with Crippen molar-refractivity contribution in [1.29, 1.82) is 0 Å². The summed E-state index contributed by atoms with van der Waals surface area (Å²) in [7, 11) is -2.42. The molecule has 14 nitrogen and oxygen atoms in total. The maximum atomic E-state index is 14.6. The number of sulfonamides is 1. The Kier molecular flexibility index (Phi) is 11.0. The van der Waals surface area contributed by atoms with Crippen molar-refractivity contribution in [3.05, 3.63) is 36.0 Å². The highest BCUT2D eigenvalue weighted by atomic mass is 32.2. The van der Waals surface area contributed by atoms with Crippen LogP contribution in [0.3, 0.4) is 0 Å². The van der Waals surface area contributed by atoms with Gasteiger partial charge >= 0.3 is 5.97 Å². The van der Waals surface area contributed by atoms with Crippen LogP contribution in [0.15, 0.2) is 30.4 Å². The number of fused-ring (bicyclic) bond motifs is 3. The number of hydrogen-bond donors (Lipinski definition) is 2. The third-order valence-corrected chi connectivity index (χ3v) is 13.1. The molecule has 54 heavy (non-hydrogen) atoms. The summed E-state index contributed by atoms with van der Waals surface area (Å²) in [5.74, 6) is -2.61. The summed E-state index contributed by atoms with van der Waals surface area (Å²) in [4.78, 5) is 66.9. The summed E-state index contributed by atoms with van der Waals surface area (Å²) in [5, 5.41) is 2.90. The average Bonchev–Trinajstić information content (AvgIpc) is 3.99. The molecule has 0 radical (unpaired) electrons. The third kappa shape index (κ3) is 8.50. The standard InChI is InChI=1S/C39H53N5O9S/c1-7-28-34(41-30-20-26(51-6)15-16-29(30)40-28)52-27-21-31-33(46)42-39(36(48)43-54(49,50)38(5)17-18-38)22-25(39)14-12-10-8-9-11-13-24(35(47)44(31)23-27)19-32(45)53-37(2,3)4/h12,14-16,20,24-25,27,31H,7-11,13,17-19,21-23H2,1-6H3,(H,42,46)(H,43,48)/b14-12-/t24-,25-,27-,31+,39-/m1/s1. The molecule has 3 fully saturated rings. The SMILES string of the molecule is CCc1nc2ccc(OC)cc2nc1O[C@@H]1C[C@H]2C(=O)N[C@]3(C(=O)NS(=O)(=O)C4(C)CC4)C[C@H]3/C=C\CCCCC[C@H](CC(=O)OC(C)(C)C)C(=O)N2C1. The molecule has 1 aromatic carbocycles. The Morgan fingerprint density at radius 3 is 2.54 bits per heavy atom. The first kappa shape index (κ1) is 39.4. The fourth-order valence-corrected chi connectivity index (χ4v) is 8.64. The van der Waals surface area contributed by atoms with E-state index < -0.39 is 67.7 Å². The molecule has 6 rings (SSSR count). The van der Waals surface area contributed by atoms with Gasteiger partial charge in [-0.1, -0.05) is 31.9 Å². The Bertz CT molecular complexity index is 1940. The van der Waals surface area contributed by atoms with E-state index in [1.807, 2.05) is 25.1 Å². The number of methoxy groups -OCH3 is 1. The summed E-state index contributed by atoms with van der Waals surface area (Å²) in [6, 6.07) is 4.28. The van der Waals surface area contributed by atoms with Crippen LogP contribution in [-0.2, 0) is 40.4 Å². The van der Waals surface area contributed by atoms with Crippen molar-refractivity contribution < 1.29 is 41.8 Å². The number of aryl methyl sites for hydroxylation is 1. The lowest BCUT2D eigenvalue weighted by Gasteiger charge is -2.30. The number of esters is 1. The molecule has 1 saturated heterocycles. The highest BCUT2D eigenvalue weighted by Crippen LogP contribution is 2.47. The molecule has 3 heterocycles. The van der Waals surface area contributed by atoms with E-state index in [-0.39, 0.29) is 37.6 Å². The molecular formula is C39H53N5O9S. The van der Waals surface area contributed by atoms with Gasteiger partial charge in [0, 0.05) is 24.3 Å². The Morgan fingerprint density at radius 2 is 1.85 bits per heavy atom. The van der Waals surface area contributed by atoms with Gasteiger partial charge in [-0.15, -0.1) is 0 Å². The third-order valence-electron chi connectivity index (χ3n) is 10.9. The van der Waals surface area contributed by atoms with Crippen LogP contribution in [0.4, 0.5) is 0 Å². The van der Waals surface area contributed by atoms with Crippen molar-refractivity contribution >= 4 is 44.7 Å². The van der Waals surface area contributed by atoms with Gasteiger partial charge in [0.05, 0.1) is 35.9 Å². The van der Waals surface area contributed by atoms with Gasteiger partial charge in [0.2, 0.25) is 27.7 Å². The first-order valence-corrected chi connectivity index (χ1v) is 20.5.